The number of anilines is 2. The standard InChI is InChI=1S/C17H22N4O/c1-11(2)8-20-17(22)15-9-19-16(10-18-15)21-14-7-12(3)5-6-13(14)4/h5-7,9-11H,8H2,1-4H3,(H,19,21)(H,20,22). The number of amides is 1. The average molecular weight is 298 g/mol. The number of carbonyl (C=O) groups excluding carboxylic acids is 1. The fourth-order valence-corrected chi connectivity index (χ4v) is 1.91. The molecule has 2 rings (SSSR count). The molecule has 1 aromatic carbocycles. The molecule has 5 heteroatoms. The van der Waals surface area contributed by atoms with E-state index >= 15 is 0 Å². The number of hydrogen-bond donors (Lipinski definition) is 2. The number of rotatable bonds is 5. The maximum atomic E-state index is 11.9. The highest BCUT2D eigenvalue weighted by molar-refractivity contribution is 5.92. The predicted molar refractivity (Wildman–Crippen MR) is 88.4 cm³/mol. The van der Waals surface area contributed by atoms with E-state index in [1.807, 2.05) is 27.7 Å². The van der Waals surface area contributed by atoms with Crippen LogP contribution in [0.5, 0.6) is 0 Å². The lowest BCUT2D eigenvalue weighted by Crippen LogP contribution is -2.28. The van der Waals surface area contributed by atoms with E-state index in [1.165, 1.54) is 11.8 Å². The highest BCUT2D eigenvalue weighted by atomic mass is 16.1. The third kappa shape index (κ3) is 4.28. The smallest absolute Gasteiger partial charge is 0.271 e. The van der Waals surface area contributed by atoms with Gasteiger partial charge in [0.05, 0.1) is 12.4 Å². The first-order valence-electron chi connectivity index (χ1n) is 7.40. The summed E-state index contributed by atoms with van der Waals surface area (Å²) >= 11 is 0. The molecule has 0 saturated carbocycles. The van der Waals surface area contributed by atoms with Crippen LogP contribution in [0.3, 0.4) is 0 Å². The summed E-state index contributed by atoms with van der Waals surface area (Å²) in [6.07, 6.45) is 3.06. The van der Waals surface area contributed by atoms with Gasteiger partial charge in [-0.2, -0.15) is 0 Å². The molecular weight excluding hydrogens is 276 g/mol. The van der Waals surface area contributed by atoms with Gasteiger partial charge in [0.25, 0.3) is 5.91 Å². The van der Waals surface area contributed by atoms with Gasteiger partial charge in [0.2, 0.25) is 0 Å². The molecule has 0 bridgehead atoms. The van der Waals surface area contributed by atoms with E-state index in [1.54, 1.807) is 6.20 Å². The van der Waals surface area contributed by atoms with Gasteiger partial charge in [0, 0.05) is 12.2 Å². The molecule has 1 heterocycles. The molecule has 0 aliphatic rings. The lowest BCUT2D eigenvalue weighted by atomic mass is 10.1. The minimum atomic E-state index is -0.195. The number of nitrogens with one attached hydrogen (secondary N) is 2. The number of aryl methyl sites for hydroxylation is 2. The summed E-state index contributed by atoms with van der Waals surface area (Å²) in [5.74, 6) is 0.829. The molecule has 0 aliphatic heterocycles. The SMILES string of the molecule is Cc1ccc(C)c(Nc2cnc(C(=O)NCC(C)C)cn2)c1. The van der Waals surface area contributed by atoms with Gasteiger partial charge in [-0.15, -0.1) is 0 Å². The van der Waals surface area contributed by atoms with Crippen LogP contribution < -0.4 is 10.6 Å². The summed E-state index contributed by atoms with van der Waals surface area (Å²) in [6, 6.07) is 6.17. The van der Waals surface area contributed by atoms with E-state index in [4.69, 9.17) is 0 Å². The maximum absolute atomic E-state index is 11.9. The zero-order valence-electron chi connectivity index (χ0n) is 13.5. The number of nitrogens with zero attached hydrogens (tertiary/aromatic N) is 2. The van der Waals surface area contributed by atoms with Gasteiger partial charge in [-0.3, -0.25) is 4.79 Å². The largest absolute Gasteiger partial charge is 0.350 e. The molecule has 116 valence electrons. The normalized spacial score (nSPS) is 10.6. The van der Waals surface area contributed by atoms with Crippen LogP contribution >= 0.6 is 0 Å². The topological polar surface area (TPSA) is 66.9 Å². The first-order valence-corrected chi connectivity index (χ1v) is 7.40. The number of aromatic nitrogens is 2. The van der Waals surface area contributed by atoms with Gasteiger partial charge >= 0.3 is 0 Å². The van der Waals surface area contributed by atoms with E-state index in [2.05, 4.69) is 38.8 Å². The van der Waals surface area contributed by atoms with Crippen LogP contribution in [0.25, 0.3) is 0 Å². The van der Waals surface area contributed by atoms with Crippen molar-refractivity contribution in [3.8, 4) is 0 Å². The molecule has 5 nitrogen and oxygen atoms in total. The van der Waals surface area contributed by atoms with Crippen LogP contribution in [0, 0.1) is 19.8 Å². The van der Waals surface area contributed by atoms with Crippen molar-refractivity contribution in [2.75, 3.05) is 11.9 Å². The van der Waals surface area contributed by atoms with Crippen molar-refractivity contribution in [2.24, 2.45) is 5.92 Å². The van der Waals surface area contributed by atoms with Crippen LogP contribution in [0.2, 0.25) is 0 Å². The van der Waals surface area contributed by atoms with Crippen molar-refractivity contribution >= 4 is 17.4 Å². The number of carbonyl (C=O) groups is 1. The Labute approximate surface area is 131 Å². The van der Waals surface area contributed by atoms with Gasteiger partial charge < -0.3 is 10.6 Å². The summed E-state index contributed by atoms with van der Waals surface area (Å²) in [6.45, 7) is 8.79. The fourth-order valence-electron chi connectivity index (χ4n) is 1.91. The number of hydrogen-bond acceptors (Lipinski definition) is 4. The zero-order valence-corrected chi connectivity index (χ0v) is 13.5. The lowest BCUT2D eigenvalue weighted by molar-refractivity contribution is 0.0943. The van der Waals surface area contributed by atoms with Gasteiger partial charge in [-0.25, -0.2) is 9.97 Å². The van der Waals surface area contributed by atoms with E-state index in [0.29, 0.717) is 24.0 Å². The second-order valence-electron chi connectivity index (χ2n) is 5.83. The first-order chi connectivity index (χ1) is 10.5. The van der Waals surface area contributed by atoms with Crippen LogP contribution in [0.4, 0.5) is 11.5 Å². The van der Waals surface area contributed by atoms with Crippen LogP contribution in [-0.4, -0.2) is 22.4 Å². The van der Waals surface area contributed by atoms with Gasteiger partial charge in [-0.1, -0.05) is 26.0 Å². The summed E-state index contributed by atoms with van der Waals surface area (Å²) in [7, 11) is 0. The van der Waals surface area contributed by atoms with Crippen molar-refractivity contribution < 1.29 is 4.79 Å². The summed E-state index contributed by atoms with van der Waals surface area (Å²) in [5, 5.41) is 6.05. The third-order valence-corrected chi connectivity index (χ3v) is 3.21. The van der Waals surface area contributed by atoms with Gasteiger partial charge in [0.1, 0.15) is 11.5 Å². The molecule has 0 radical (unpaired) electrons. The second-order valence-corrected chi connectivity index (χ2v) is 5.83. The molecule has 0 unspecified atom stereocenters. The Hall–Kier alpha value is -2.43. The van der Waals surface area contributed by atoms with E-state index in [9.17, 15) is 4.79 Å². The Morgan fingerprint density at radius 1 is 1.18 bits per heavy atom. The van der Waals surface area contributed by atoms with E-state index in [-0.39, 0.29) is 5.91 Å². The van der Waals surface area contributed by atoms with E-state index in [0.717, 1.165) is 11.3 Å². The highest BCUT2D eigenvalue weighted by Crippen LogP contribution is 2.20. The molecule has 0 atom stereocenters. The Morgan fingerprint density at radius 2 is 1.95 bits per heavy atom. The van der Waals surface area contributed by atoms with Gasteiger partial charge in [0.15, 0.2) is 0 Å². The average Bonchev–Trinajstić information content (AvgIpc) is 2.49. The van der Waals surface area contributed by atoms with Crippen molar-refractivity contribution in [2.45, 2.75) is 27.7 Å². The molecule has 0 saturated heterocycles. The maximum Gasteiger partial charge on any atom is 0.271 e. The molecule has 1 aromatic heterocycles. The Balaban J connectivity index is 2.05. The molecule has 22 heavy (non-hydrogen) atoms. The summed E-state index contributed by atoms with van der Waals surface area (Å²) in [5.41, 5.74) is 3.62. The molecule has 1 amide bonds. The van der Waals surface area contributed by atoms with Crippen molar-refractivity contribution in [1.82, 2.24) is 15.3 Å². The van der Waals surface area contributed by atoms with Crippen molar-refractivity contribution in [1.29, 1.82) is 0 Å². The molecule has 0 spiro atoms. The van der Waals surface area contributed by atoms with Crippen molar-refractivity contribution in [3.63, 3.8) is 0 Å². The minimum Gasteiger partial charge on any atom is -0.350 e. The molecule has 2 aromatic rings. The minimum absolute atomic E-state index is 0.195. The fraction of sp³-hybridized carbons (Fsp3) is 0.353. The number of benzene rings is 1. The molecule has 2 N–H and O–H groups in total. The van der Waals surface area contributed by atoms with Crippen molar-refractivity contribution in [3.05, 3.63) is 47.4 Å². The summed E-state index contributed by atoms with van der Waals surface area (Å²) < 4.78 is 0. The Kier molecular flexibility index (Phi) is 5.09. The highest BCUT2D eigenvalue weighted by Gasteiger charge is 2.08. The summed E-state index contributed by atoms with van der Waals surface area (Å²) in [4.78, 5) is 20.3. The van der Waals surface area contributed by atoms with Gasteiger partial charge in [-0.05, 0) is 37.0 Å². The van der Waals surface area contributed by atoms with Crippen LogP contribution in [0.15, 0.2) is 30.6 Å². The molecular formula is C17H22N4O. The Bertz CT molecular complexity index is 650. The lowest BCUT2D eigenvalue weighted by Gasteiger charge is -2.10. The first kappa shape index (κ1) is 15.9. The molecule has 0 fully saturated rings. The quantitative estimate of drug-likeness (QED) is 0.889. The Morgan fingerprint density at radius 3 is 2.59 bits per heavy atom. The van der Waals surface area contributed by atoms with E-state index < -0.39 is 0 Å². The van der Waals surface area contributed by atoms with Crippen LogP contribution in [0.1, 0.15) is 35.5 Å². The third-order valence-electron chi connectivity index (χ3n) is 3.21. The monoisotopic (exact) mass is 298 g/mol. The zero-order chi connectivity index (χ0) is 16.1. The second kappa shape index (κ2) is 7.02. The van der Waals surface area contributed by atoms with Crippen LogP contribution in [-0.2, 0) is 0 Å². The predicted octanol–water partition coefficient (Wildman–Crippen LogP) is 3.22. The molecule has 0 aliphatic carbocycles.